The van der Waals surface area contributed by atoms with Crippen molar-refractivity contribution in [3.05, 3.63) is 54.4 Å². The first-order valence-corrected chi connectivity index (χ1v) is 7.02. The summed E-state index contributed by atoms with van der Waals surface area (Å²) in [6.45, 7) is 0. The van der Waals surface area contributed by atoms with Crippen LogP contribution in [0.4, 0.5) is 0 Å². The zero-order chi connectivity index (χ0) is 15.5. The Hall–Kier alpha value is -2.82. The van der Waals surface area contributed by atoms with Gasteiger partial charge in [0.15, 0.2) is 0 Å². The van der Waals surface area contributed by atoms with Crippen molar-refractivity contribution in [2.24, 2.45) is 0 Å². The highest BCUT2D eigenvalue weighted by Gasteiger charge is 2.17. The van der Waals surface area contributed by atoms with Crippen LogP contribution in [0.1, 0.15) is 12.1 Å². The number of fused-ring (bicyclic) bond motifs is 1. The molecule has 0 atom stereocenters. The van der Waals surface area contributed by atoms with Crippen LogP contribution in [0.5, 0.6) is 5.75 Å². The van der Waals surface area contributed by atoms with Gasteiger partial charge in [-0.1, -0.05) is 18.2 Å². The summed E-state index contributed by atoms with van der Waals surface area (Å²) in [5.41, 5.74) is 3.31. The number of carbonyl (C=O) groups is 1. The number of aryl methyl sites for hydroxylation is 1. The number of para-hydroxylation sites is 1. The van der Waals surface area contributed by atoms with Crippen LogP contribution < -0.4 is 4.74 Å². The van der Waals surface area contributed by atoms with Crippen molar-refractivity contribution < 1.29 is 14.6 Å². The van der Waals surface area contributed by atoms with E-state index in [-0.39, 0.29) is 6.42 Å². The number of aromatic nitrogens is 2. The van der Waals surface area contributed by atoms with E-state index >= 15 is 0 Å². The Morgan fingerprint density at radius 3 is 2.77 bits per heavy atom. The van der Waals surface area contributed by atoms with Gasteiger partial charge in [-0.2, -0.15) is 0 Å². The summed E-state index contributed by atoms with van der Waals surface area (Å²) in [6, 6.07) is 13.4. The molecule has 0 aliphatic heterocycles. The number of aliphatic carboxylic acids is 1. The summed E-state index contributed by atoms with van der Waals surface area (Å²) in [5, 5.41) is 8.99. The van der Waals surface area contributed by atoms with E-state index in [9.17, 15) is 4.79 Å². The van der Waals surface area contributed by atoms with Crippen molar-refractivity contribution in [2.75, 3.05) is 7.11 Å². The predicted octanol–water partition coefficient (Wildman–Crippen LogP) is 3.03. The molecule has 22 heavy (non-hydrogen) atoms. The molecule has 112 valence electrons. The monoisotopic (exact) mass is 296 g/mol. The molecule has 1 aromatic carbocycles. The smallest absolute Gasteiger partial charge is 0.303 e. The lowest BCUT2D eigenvalue weighted by molar-refractivity contribution is -0.136. The van der Waals surface area contributed by atoms with E-state index in [1.165, 1.54) is 0 Å². The number of methoxy groups -OCH3 is 1. The van der Waals surface area contributed by atoms with E-state index in [1.807, 2.05) is 53.1 Å². The molecule has 1 N–H and O–H groups in total. The minimum absolute atomic E-state index is 0.0604. The number of carboxylic acids is 1. The molecule has 2 aromatic heterocycles. The Morgan fingerprint density at radius 2 is 2.00 bits per heavy atom. The van der Waals surface area contributed by atoms with Gasteiger partial charge >= 0.3 is 5.97 Å². The maximum atomic E-state index is 10.9. The lowest BCUT2D eigenvalue weighted by Gasteiger charge is -2.08. The summed E-state index contributed by atoms with van der Waals surface area (Å²) in [5.74, 6) is -0.0978. The fraction of sp³-hybridized carbons (Fsp3) is 0.176. The van der Waals surface area contributed by atoms with Gasteiger partial charge < -0.3 is 14.2 Å². The molecule has 5 nitrogen and oxygen atoms in total. The second kappa shape index (κ2) is 5.89. The Kier molecular flexibility index (Phi) is 3.78. The lowest BCUT2D eigenvalue weighted by Crippen LogP contribution is -2.01. The number of nitrogens with zero attached hydrogens (tertiary/aromatic N) is 2. The van der Waals surface area contributed by atoms with E-state index < -0.39 is 5.97 Å². The minimum atomic E-state index is -0.822. The van der Waals surface area contributed by atoms with Crippen molar-refractivity contribution in [1.82, 2.24) is 9.38 Å². The molecule has 2 heterocycles. The van der Waals surface area contributed by atoms with Gasteiger partial charge in [0.1, 0.15) is 11.4 Å². The number of pyridine rings is 1. The van der Waals surface area contributed by atoms with Gasteiger partial charge in [-0.05, 0) is 24.3 Å². The summed E-state index contributed by atoms with van der Waals surface area (Å²) in [4.78, 5) is 15.6. The standard InChI is InChI=1S/C17H16N2O3/c1-22-14-7-3-2-6-12(14)17-13(9-10-16(20)21)19-11-5-4-8-15(19)18-17/h2-8,11H,9-10H2,1H3,(H,20,21). The van der Waals surface area contributed by atoms with Crippen LogP contribution in [-0.2, 0) is 11.2 Å². The van der Waals surface area contributed by atoms with E-state index in [0.29, 0.717) is 6.42 Å². The molecule has 0 unspecified atom stereocenters. The molecule has 5 heteroatoms. The molecule has 0 aliphatic rings. The van der Waals surface area contributed by atoms with Crippen molar-refractivity contribution >= 4 is 11.6 Å². The molecule has 0 fully saturated rings. The summed E-state index contributed by atoms with van der Waals surface area (Å²) in [6.07, 6.45) is 2.37. The van der Waals surface area contributed by atoms with Gasteiger partial charge in [0.05, 0.1) is 24.9 Å². The Labute approximate surface area is 127 Å². The maximum absolute atomic E-state index is 10.9. The van der Waals surface area contributed by atoms with Crippen LogP contribution in [0.15, 0.2) is 48.7 Å². The minimum Gasteiger partial charge on any atom is -0.496 e. The zero-order valence-corrected chi connectivity index (χ0v) is 12.2. The van der Waals surface area contributed by atoms with E-state index in [2.05, 4.69) is 4.98 Å². The van der Waals surface area contributed by atoms with Gasteiger partial charge in [-0.15, -0.1) is 0 Å². The molecular formula is C17H16N2O3. The first-order chi connectivity index (χ1) is 10.7. The average molecular weight is 296 g/mol. The van der Waals surface area contributed by atoms with Crippen LogP contribution in [0.3, 0.4) is 0 Å². The van der Waals surface area contributed by atoms with Gasteiger partial charge in [0, 0.05) is 18.2 Å². The molecule has 0 aliphatic carbocycles. The number of ether oxygens (including phenoxy) is 1. The number of imidazole rings is 1. The number of benzene rings is 1. The molecule has 0 saturated carbocycles. The van der Waals surface area contributed by atoms with Crippen LogP contribution in [-0.4, -0.2) is 27.6 Å². The first-order valence-electron chi connectivity index (χ1n) is 7.02. The highest BCUT2D eigenvalue weighted by Crippen LogP contribution is 2.32. The molecule has 0 spiro atoms. The average Bonchev–Trinajstić information content (AvgIpc) is 2.91. The molecular weight excluding hydrogens is 280 g/mol. The summed E-state index contributed by atoms with van der Waals surface area (Å²) < 4.78 is 7.35. The third-order valence-corrected chi connectivity index (χ3v) is 3.57. The van der Waals surface area contributed by atoms with Gasteiger partial charge in [-0.3, -0.25) is 4.79 Å². The van der Waals surface area contributed by atoms with E-state index in [1.54, 1.807) is 7.11 Å². The second-order valence-corrected chi connectivity index (χ2v) is 4.93. The van der Waals surface area contributed by atoms with Crippen LogP contribution in [0.25, 0.3) is 16.9 Å². The molecule has 3 rings (SSSR count). The summed E-state index contributed by atoms with van der Waals surface area (Å²) >= 11 is 0. The number of hydrogen-bond acceptors (Lipinski definition) is 3. The normalized spacial score (nSPS) is 10.8. The van der Waals surface area contributed by atoms with E-state index in [4.69, 9.17) is 9.84 Å². The predicted molar refractivity (Wildman–Crippen MR) is 83.1 cm³/mol. The Balaban J connectivity index is 2.19. The number of rotatable bonds is 5. The SMILES string of the molecule is COc1ccccc1-c1nc2ccccn2c1CCC(=O)O. The second-order valence-electron chi connectivity index (χ2n) is 4.93. The fourth-order valence-corrected chi connectivity index (χ4v) is 2.57. The van der Waals surface area contributed by atoms with Crippen molar-refractivity contribution in [1.29, 1.82) is 0 Å². The number of hydrogen-bond donors (Lipinski definition) is 1. The highest BCUT2D eigenvalue weighted by molar-refractivity contribution is 5.73. The topological polar surface area (TPSA) is 63.8 Å². The molecule has 0 radical (unpaired) electrons. The first kappa shape index (κ1) is 14.1. The summed E-state index contributed by atoms with van der Waals surface area (Å²) in [7, 11) is 1.62. The molecule has 0 saturated heterocycles. The number of carboxylic acid groups (broad SMARTS) is 1. The Morgan fingerprint density at radius 1 is 1.23 bits per heavy atom. The molecule has 3 aromatic rings. The molecule has 0 bridgehead atoms. The largest absolute Gasteiger partial charge is 0.496 e. The van der Waals surface area contributed by atoms with Crippen molar-refractivity contribution in [2.45, 2.75) is 12.8 Å². The lowest BCUT2D eigenvalue weighted by atomic mass is 10.1. The van der Waals surface area contributed by atoms with Gasteiger partial charge in [-0.25, -0.2) is 4.98 Å². The van der Waals surface area contributed by atoms with Crippen LogP contribution in [0.2, 0.25) is 0 Å². The van der Waals surface area contributed by atoms with Crippen LogP contribution in [0, 0.1) is 0 Å². The fourth-order valence-electron chi connectivity index (χ4n) is 2.57. The quantitative estimate of drug-likeness (QED) is 0.786. The third-order valence-electron chi connectivity index (χ3n) is 3.57. The van der Waals surface area contributed by atoms with Gasteiger partial charge in [0.2, 0.25) is 0 Å². The highest BCUT2D eigenvalue weighted by atomic mass is 16.5. The Bertz CT molecular complexity index is 824. The zero-order valence-electron chi connectivity index (χ0n) is 12.2. The van der Waals surface area contributed by atoms with E-state index in [0.717, 1.165) is 28.3 Å². The van der Waals surface area contributed by atoms with Crippen molar-refractivity contribution in [3.63, 3.8) is 0 Å². The van der Waals surface area contributed by atoms with Crippen LogP contribution >= 0.6 is 0 Å². The third kappa shape index (κ3) is 2.53. The van der Waals surface area contributed by atoms with Crippen molar-refractivity contribution in [3.8, 4) is 17.0 Å². The van der Waals surface area contributed by atoms with Gasteiger partial charge in [0.25, 0.3) is 0 Å². The maximum Gasteiger partial charge on any atom is 0.303 e. The molecule has 0 amide bonds.